The fourth-order valence-corrected chi connectivity index (χ4v) is 13.8. The van der Waals surface area contributed by atoms with Crippen molar-refractivity contribution in [1.29, 1.82) is 0 Å². The molecule has 0 N–H and O–H groups in total. The van der Waals surface area contributed by atoms with Crippen LogP contribution in [0.3, 0.4) is 0 Å². The van der Waals surface area contributed by atoms with Crippen molar-refractivity contribution in [3.8, 4) is 44.5 Å². The minimum absolute atomic E-state index is 0.379. The molecule has 0 amide bonds. The highest BCUT2D eigenvalue weighted by Crippen LogP contribution is 2.63. The number of fused-ring (bicyclic) bond motifs is 25. The highest BCUT2D eigenvalue weighted by molar-refractivity contribution is 6.24. The van der Waals surface area contributed by atoms with Crippen molar-refractivity contribution < 1.29 is 17.7 Å². The van der Waals surface area contributed by atoms with Gasteiger partial charge in [0, 0.05) is 65.0 Å². The lowest BCUT2D eigenvalue weighted by molar-refractivity contribution is 0.601. The van der Waals surface area contributed by atoms with Gasteiger partial charge < -0.3 is 17.7 Å². The topological polar surface area (TPSA) is 52.6 Å². The Morgan fingerprint density at radius 3 is 1.15 bits per heavy atom. The van der Waals surface area contributed by atoms with Gasteiger partial charge >= 0.3 is 0 Å². The summed E-state index contributed by atoms with van der Waals surface area (Å²) in [7, 11) is 0. The van der Waals surface area contributed by atoms with Gasteiger partial charge in [0.05, 0.1) is 0 Å². The molecule has 0 bridgehead atoms. The Hall–Kier alpha value is -8.86. The molecule has 0 saturated heterocycles. The quantitative estimate of drug-likeness (QED) is 0.173. The van der Waals surface area contributed by atoms with Crippen molar-refractivity contribution in [3.05, 3.63) is 204 Å². The molecule has 338 valence electrons. The largest absolute Gasteiger partial charge is 0.456 e. The minimum Gasteiger partial charge on any atom is -0.456 e. The zero-order chi connectivity index (χ0) is 47.5. The standard InChI is InChI=1S/C68H42O4/c1-67(2)49-33-47(37-21-25-43-55(31-37)69-53-29-23-35-13-5-7-15-39(35)57(43)53)65-61(41-17-9-11-19-51(41)71-65)59(49)45-27-28-46-60-50(68(3,4)64(46)63(45)67)34-48(66-62(60)42-18-10-12-20-52(42)72-66)38-22-26-44-56(32-38)70-54-30-24-36-14-6-8-16-40(36)58(44)54/h5-34H,1-4H3. The molecule has 0 saturated carbocycles. The molecule has 4 heterocycles. The van der Waals surface area contributed by atoms with Crippen LogP contribution in [0, 0.1) is 0 Å². The summed E-state index contributed by atoms with van der Waals surface area (Å²) >= 11 is 0. The molecule has 4 heteroatoms. The van der Waals surface area contributed by atoms with Crippen LogP contribution in [0.1, 0.15) is 49.9 Å². The van der Waals surface area contributed by atoms with Gasteiger partial charge in [-0.3, -0.25) is 0 Å². The molecular weight excluding hydrogens is 881 g/mol. The second-order valence-electron chi connectivity index (χ2n) is 21.4. The molecule has 0 atom stereocenters. The van der Waals surface area contributed by atoms with Gasteiger partial charge in [0.1, 0.15) is 44.7 Å². The van der Waals surface area contributed by atoms with Gasteiger partial charge in [0.2, 0.25) is 0 Å². The first kappa shape index (κ1) is 38.9. The van der Waals surface area contributed by atoms with Crippen LogP contribution in [0.4, 0.5) is 0 Å². The van der Waals surface area contributed by atoms with E-state index in [4.69, 9.17) is 17.7 Å². The van der Waals surface area contributed by atoms with Gasteiger partial charge in [-0.25, -0.2) is 0 Å². The van der Waals surface area contributed by atoms with E-state index < -0.39 is 0 Å². The molecule has 2 aliphatic rings. The molecule has 0 fully saturated rings. The van der Waals surface area contributed by atoms with E-state index in [0.29, 0.717) is 0 Å². The van der Waals surface area contributed by atoms with E-state index in [1.807, 2.05) is 0 Å². The van der Waals surface area contributed by atoms with Gasteiger partial charge in [-0.15, -0.1) is 0 Å². The summed E-state index contributed by atoms with van der Waals surface area (Å²) in [6.07, 6.45) is 0. The number of hydrogen-bond donors (Lipinski definition) is 0. The third-order valence-electron chi connectivity index (χ3n) is 17.0. The second-order valence-corrected chi connectivity index (χ2v) is 21.4. The number of para-hydroxylation sites is 2. The predicted molar refractivity (Wildman–Crippen MR) is 297 cm³/mol. The van der Waals surface area contributed by atoms with Crippen molar-refractivity contribution in [3.63, 3.8) is 0 Å². The molecule has 4 aromatic heterocycles. The van der Waals surface area contributed by atoms with Crippen LogP contribution in [-0.2, 0) is 10.8 Å². The normalized spacial score (nSPS) is 14.6. The van der Waals surface area contributed by atoms with Crippen LogP contribution in [0.15, 0.2) is 200 Å². The van der Waals surface area contributed by atoms with Crippen LogP contribution < -0.4 is 0 Å². The van der Waals surface area contributed by atoms with Gasteiger partial charge in [-0.2, -0.15) is 0 Å². The predicted octanol–water partition coefficient (Wildman–Crippen LogP) is 19.5. The maximum Gasteiger partial charge on any atom is 0.143 e. The van der Waals surface area contributed by atoms with Crippen LogP contribution in [0.2, 0.25) is 0 Å². The van der Waals surface area contributed by atoms with Crippen LogP contribution in [-0.4, -0.2) is 0 Å². The van der Waals surface area contributed by atoms with Crippen LogP contribution in [0.5, 0.6) is 0 Å². The smallest absolute Gasteiger partial charge is 0.143 e. The Morgan fingerprint density at radius 2 is 0.694 bits per heavy atom. The molecule has 11 aromatic carbocycles. The van der Waals surface area contributed by atoms with E-state index in [9.17, 15) is 0 Å². The molecular formula is C68H42O4. The van der Waals surface area contributed by atoms with Gasteiger partial charge in [-0.1, -0.05) is 149 Å². The van der Waals surface area contributed by atoms with Crippen LogP contribution >= 0.6 is 0 Å². The van der Waals surface area contributed by atoms with E-state index >= 15 is 0 Å². The molecule has 0 spiro atoms. The number of rotatable bonds is 2. The van der Waals surface area contributed by atoms with E-state index in [1.165, 1.54) is 66.1 Å². The zero-order valence-electron chi connectivity index (χ0n) is 40.0. The summed E-state index contributed by atoms with van der Waals surface area (Å²) in [6, 6.07) is 65.8. The average Bonchev–Trinajstić information content (AvgIpc) is 4.25. The Bertz CT molecular complexity index is 4670. The fourth-order valence-electron chi connectivity index (χ4n) is 13.8. The summed E-state index contributed by atoms with van der Waals surface area (Å²) in [5.74, 6) is 0. The molecule has 2 aliphatic carbocycles. The van der Waals surface area contributed by atoms with Gasteiger partial charge in [-0.05, 0) is 138 Å². The highest BCUT2D eigenvalue weighted by atomic mass is 16.3. The first-order valence-corrected chi connectivity index (χ1v) is 25.1. The van der Waals surface area contributed by atoms with Gasteiger partial charge in [0.25, 0.3) is 0 Å². The molecule has 15 aromatic rings. The van der Waals surface area contributed by atoms with E-state index in [2.05, 4.69) is 210 Å². The third-order valence-corrected chi connectivity index (χ3v) is 17.0. The lowest BCUT2D eigenvalue weighted by atomic mass is 9.72. The van der Waals surface area contributed by atoms with E-state index in [0.717, 1.165) is 110 Å². The third kappa shape index (κ3) is 4.73. The van der Waals surface area contributed by atoms with Crippen molar-refractivity contribution in [2.24, 2.45) is 0 Å². The van der Waals surface area contributed by atoms with E-state index in [1.54, 1.807) is 0 Å². The summed E-state index contributed by atoms with van der Waals surface area (Å²) in [5.41, 5.74) is 21.0. The molecule has 17 rings (SSSR count). The van der Waals surface area contributed by atoms with Crippen molar-refractivity contribution >= 4 is 109 Å². The van der Waals surface area contributed by atoms with Crippen molar-refractivity contribution in [1.82, 2.24) is 0 Å². The number of hydrogen-bond acceptors (Lipinski definition) is 4. The first-order chi connectivity index (χ1) is 35.2. The lowest BCUT2D eigenvalue weighted by Crippen LogP contribution is -2.24. The first-order valence-electron chi connectivity index (χ1n) is 25.1. The molecule has 0 aliphatic heterocycles. The summed E-state index contributed by atoms with van der Waals surface area (Å²) in [5, 5.41) is 13.9. The SMILES string of the molecule is CC1(C)c2cc(-c3ccc4c(c3)oc3ccc5ccccc5c34)c3oc4ccccc4c3c2-c2ccc3c(c21)C(C)(C)c1cc(-c2ccc4c(c2)oc2ccc5ccccc5c24)c2oc4ccccc4c2c1-3. The molecule has 4 nitrogen and oxygen atoms in total. The zero-order valence-corrected chi connectivity index (χ0v) is 40.0. The maximum absolute atomic E-state index is 7.01. The lowest BCUT2D eigenvalue weighted by Gasteiger charge is -2.31. The van der Waals surface area contributed by atoms with Crippen molar-refractivity contribution in [2.45, 2.75) is 38.5 Å². The second kappa shape index (κ2) is 13.1. The Labute approximate surface area is 412 Å². The number of benzene rings is 11. The van der Waals surface area contributed by atoms with Crippen molar-refractivity contribution in [2.75, 3.05) is 0 Å². The Balaban J connectivity index is 0.893. The average molecular weight is 923 g/mol. The number of furan rings is 4. The Morgan fingerprint density at radius 1 is 0.292 bits per heavy atom. The maximum atomic E-state index is 7.01. The van der Waals surface area contributed by atoms with Gasteiger partial charge in [0.15, 0.2) is 0 Å². The van der Waals surface area contributed by atoms with Crippen LogP contribution in [0.25, 0.3) is 154 Å². The fraction of sp³-hybridized carbons (Fsp3) is 0.0882. The Kier molecular flexibility index (Phi) is 7.08. The highest BCUT2D eigenvalue weighted by Gasteiger charge is 2.48. The summed E-state index contributed by atoms with van der Waals surface area (Å²) < 4.78 is 27.4. The van der Waals surface area contributed by atoms with E-state index in [-0.39, 0.29) is 10.8 Å². The summed E-state index contributed by atoms with van der Waals surface area (Å²) in [4.78, 5) is 0. The summed E-state index contributed by atoms with van der Waals surface area (Å²) in [6.45, 7) is 9.73. The minimum atomic E-state index is -0.379. The molecule has 0 radical (unpaired) electrons. The monoisotopic (exact) mass is 922 g/mol. The molecule has 72 heavy (non-hydrogen) atoms. The molecule has 0 unspecified atom stereocenters.